The fourth-order valence-electron chi connectivity index (χ4n) is 3.28. The first kappa shape index (κ1) is 15.5. The van der Waals surface area contributed by atoms with E-state index in [0.29, 0.717) is 19.8 Å². The molecule has 3 rings (SSSR count). The number of likely N-dealkylation sites (N-methyl/N-ethyl adjacent to an activating group) is 1. The molecular formula is C15H18N2O6. The Balaban J connectivity index is 2.29. The van der Waals surface area contributed by atoms with E-state index in [0.717, 1.165) is 0 Å². The lowest BCUT2D eigenvalue weighted by atomic mass is 10.0. The second kappa shape index (κ2) is 5.69. The number of rotatable bonds is 3. The van der Waals surface area contributed by atoms with Gasteiger partial charge in [-0.05, 0) is 6.92 Å². The highest BCUT2D eigenvalue weighted by Crippen LogP contribution is 2.34. The Labute approximate surface area is 132 Å². The monoisotopic (exact) mass is 322 g/mol. The van der Waals surface area contributed by atoms with Crippen LogP contribution in [0.25, 0.3) is 0 Å². The van der Waals surface area contributed by atoms with Crippen LogP contribution in [0.3, 0.4) is 0 Å². The molecule has 23 heavy (non-hydrogen) atoms. The summed E-state index contributed by atoms with van der Waals surface area (Å²) in [6.07, 6.45) is 1.38. The summed E-state index contributed by atoms with van der Waals surface area (Å²) in [6.45, 7) is 3.19. The minimum atomic E-state index is -0.760. The maximum Gasteiger partial charge on any atom is 0.343 e. The molecule has 1 saturated heterocycles. The van der Waals surface area contributed by atoms with Crippen LogP contribution in [0.15, 0.2) is 11.0 Å². The highest BCUT2D eigenvalue weighted by atomic mass is 16.5. The third-order valence-corrected chi connectivity index (χ3v) is 4.38. The van der Waals surface area contributed by atoms with Crippen molar-refractivity contribution in [3.05, 3.63) is 27.7 Å². The number of amides is 1. The van der Waals surface area contributed by atoms with Gasteiger partial charge in [-0.2, -0.15) is 0 Å². The van der Waals surface area contributed by atoms with Crippen LogP contribution in [0.2, 0.25) is 0 Å². The number of carbonyl (C=O) groups excluding carboxylic acids is 2. The van der Waals surface area contributed by atoms with E-state index in [-0.39, 0.29) is 35.0 Å². The zero-order valence-corrected chi connectivity index (χ0v) is 13.2. The van der Waals surface area contributed by atoms with E-state index in [9.17, 15) is 14.4 Å². The summed E-state index contributed by atoms with van der Waals surface area (Å²) in [4.78, 5) is 38.8. The molecule has 0 N–H and O–H groups in total. The molecule has 0 aliphatic carbocycles. The molecule has 1 amide bonds. The van der Waals surface area contributed by atoms with Gasteiger partial charge in [0.1, 0.15) is 5.56 Å². The van der Waals surface area contributed by atoms with Gasteiger partial charge in [0.25, 0.3) is 5.91 Å². The Morgan fingerprint density at radius 2 is 2.00 bits per heavy atom. The second-order valence-electron chi connectivity index (χ2n) is 5.42. The average Bonchev–Trinajstić information content (AvgIpc) is 3.03. The Kier molecular flexibility index (Phi) is 3.85. The van der Waals surface area contributed by atoms with E-state index < -0.39 is 11.4 Å². The Morgan fingerprint density at radius 3 is 2.61 bits per heavy atom. The molecule has 0 unspecified atom stereocenters. The first-order valence-electron chi connectivity index (χ1n) is 7.35. The van der Waals surface area contributed by atoms with Gasteiger partial charge in [0, 0.05) is 12.7 Å². The van der Waals surface area contributed by atoms with Gasteiger partial charge < -0.3 is 23.7 Å². The molecule has 8 nitrogen and oxygen atoms in total. The number of nitrogens with zero attached hydrogens (tertiary/aromatic N) is 2. The summed E-state index contributed by atoms with van der Waals surface area (Å²) < 4.78 is 16.9. The summed E-state index contributed by atoms with van der Waals surface area (Å²) in [6, 6.07) is -0.293. The van der Waals surface area contributed by atoms with Crippen molar-refractivity contribution in [1.29, 1.82) is 0 Å². The summed E-state index contributed by atoms with van der Waals surface area (Å²) >= 11 is 0. The molecule has 0 saturated carbocycles. The number of carbonyl (C=O) groups is 2. The zero-order valence-electron chi connectivity index (χ0n) is 13.2. The Bertz CT molecular complexity index is 725. The molecule has 3 heterocycles. The standard InChI is InChI=1S/C15H18N2O6/c1-4-16-9-6-23-7-10(9)17-5-8(15(20)22-3)12(18)13(21-2)11(17)14(16)19/h5,9-10H,4,6-7H2,1-3H3/t9-,10+/m0/s1. The number of fused-ring (bicyclic) bond motifs is 3. The molecule has 2 atom stereocenters. The third kappa shape index (κ3) is 2.13. The number of pyridine rings is 1. The highest BCUT2D eigenvalue weighted by molar-refractivity contribution is 5.98. The second-order valence-corrected chi connectivity index (χ2v) is 5.42. The Hall–Kier alpha value is -2.35. The quantitative estimate of drug-likeness (QED) is 0.731. The van der Waals surface area contributed by atoms with E-state index >= 15 is 0 Å². The number of esters is 1. The van der Waals surface area contributed by atoms with Crippen molar-refractivity contribution in [3.8, 4) is 5.75 Å². The maximum atomic E-state index is 12.8. The van der Waals surface area contributed by atoms with Gasteiger partial charge in [0.05, 0.1) is 39.5 Å². The molecule has 0 spiro atoms. The summed E-state index contributed by atoms with van der Waals surface area (Å²) in [5, 5.41) is 0. The fraction of sp³-hybridized carbons (Fsp3) is 0.533. The average molecular weight is 322 g/mol. The molecule has 0 radical (unpaired) electrons. The van der Waals surface area contributed by atoms with E-state index in [4.69, 9.17) is 9.47 Å². The van der Waals surface area contributed by atoms with E-state index in [1.807, 2.05) is 6.92 Å². The van der Waals surface area contributed by atoms with Crippen LogP contribution in [-0.2, 0) is 9.47 Å². The van der Waals surface area contributed by atoms with Crippen LogP contribution in [-0.4, -0.2) is 61.4 Å². The molecule has 1 aromatic heterocycles. The smallest absolute Gasteiger partial charge is 0.343 e. The van der Waals surface area contributed by atoms with Crippen molar-refractivity contribution in [2.45, 2.75) is 19.0 Å². The third-order valence-electron chi connectivity index (χ3n) is 4.38. The predicted octanol–water partition coefficient (Wildman–Crippen LogP) is 0.0591. The van der Waals surface area contributed by atoms with Crippen molar-refractivity contribution in [3.63, 3.8) is 0 Å². The van der Waals surface area contributed by atoms with Crippen LogP contribution >= 0.6 is 0 Å². The summed E-state index contributed by atoms with van der Waals surface area (Å²) in [5.41, 5.74) is -0.650. The van der Waals surface area contributed by atoms with Crippen molar-refractivity contribution in [2.24, 2.45) is 0 Å². The number of aromatic nitrogens is 1. The largest absolute Gasteiger partial charge is 0.491 e. The van der Waals surface area contributed by atoms with Gasteiger partial charge in [0.15, 0.2) is 11.4 Å². The summed E-state index contributed by atoms with van der Waals surface area (Å²) in [5.74, 6) is -1.20. The van der Waals surface area contributed by atoms with Crippen molar-refractivity contribution in [1.82, 2.24) is 9.47 Å². The van der Waals surface area contributed by atoms with Crippen LogP contribution < -0.4 is 10.2 Å². The van der Waals surface area contributed by atoms with Gasteiger partial charge >= 0.3 is 5.97 Å². The normalized spacial score (nSPS) is 22.6. The van der Waals surface area contributed by atoms with Gasteiger partial charge in [0.2, 0.25) is 5.43 Å². The minimum Gasteiger partial charge on any atom is -0.491 e. The van der Waals surface area contributed by atoms with Crippen molar-refractivity contribution in [2.75, 3.05) is 34.0 Å². The number of hydrogen-bond donors (Lipinski definition) is 0. The van der Waals surface area contributed by atoms with E-state index in [2.05, 4.69) is 4.74 Å². The predicted molar refractivity (Wildman–Crippen MR) is 78.9 cm³/mol. The van der Waals surface area contributed by atoms with E-state index in [1.165, 1.54) is 20.4 Å². The minimum absolute atomic E-state index is 0.127. The molecule has 124 valence electrons. The van der Waals surface area contributed by atoms with Crippen LogP contribution in [0.5, 0.6) is 5.75 Å². The molecule has 1 aromatic rings. The number of methoxy groups -OCH3 is 2. The van der Waals surface area contributed by atoms with Crippen LogP contribution in [0, 0.1) is 0 Å². The lowest BCUT2D eigenvalue weighted by Crippen LogP contribution is -2.51. The molecular weight excluding hydrogens is 304 g/mol. The fourth-order valence-corrected chi connectivity index (χ4v) is 3.28. The van der Waals surface area contributed by atoms with Gasteiger partial charge in [-0.1, -0.05) is 0 Å². The molecule has 8 heteroatoms. The lowest BCUT2D eigenvalue weighted by molar-refractivity contribution is 0.0553. The molecule has 0 bridgehead atoms. The number of hydrogen-bond acceptors (Lipinski definition) is 6. The summed E-state index contributed by atoms with van der Waals surface area (Å²) in [7, 11) is 2.50. The number of ether oxygens (including phenoxy) is 3. The first-order chi connectivity index (χ1) is 11.0. The Morgan fingerprint density at radius 1 is 1.30 bits per heavy atom. The first-order valence-corrected chi connectivity index (χ1v) is 7.35. The van der Waals surface area contributed by atoms with Gasteiger partial charge in [-0.15, -0.1) is 0 Å². The molecule has 1 fully saturated rings. The van der Waals surface area contributed by atoms with Crippen LogP contribution in [0.4, 0.5) is 0 Å². The topological polar surface area (TPSA) is 87.1 Å². The molecule has 0 aromatic carbocycles. The van der Waals surface area contributed by atoms with E-state index in [1.54, 1.807) is 9.47 Å². The maximum absolute atomic E-state index is 12.8. The molecule has 2 aliphatic heterocycles. The highest BCUT2D eigenvalue weighted by Gasteiger charge is 2.44. The van der Waals surface area contributed by atoms with Crippen LogP contribution in [0.1, 0.15) is 33.8 Å². The molecule has 2 aliphatic rings. The lowest BCUT2D eigenvalue weighted by Gasteiger charge is -2.38. The van der Waals surface area contributed by atoms with Gasteiger partial charge in [-0.3, -0.25) is 9.59 Å². The zero-order chi connectivity index (χ0) is 16.7. The van der Waals surface area contributed by atoms with Crippen molar-refractivity contribution >= 4 is 11.9 Å². The SMILES string of the molecule is CCN1C(=O)c2c(OC)c(=O)c(C(=O)OC)cn2[C@@H]2COC[C@@H]21. The van der Waals surface area contributed by atoms with Crippen molar-refractivity contribution < 1.29 is 23.8 Å². The van der Waals surface area contributed by atoms with Gasteiger partial charge in [-0.25, -0.2) is 4.79 Å².